The third-order valence-electron chi connectivity index (χ3n) is 0.434. The van der Waals surface area contributed by atoms with Crippen molar-refractivity contribution in [3.63, 3.8) is 0 Å². The Balaban J connectivity index is -0.0000000600. The second-order valence-electron chi connectivity index (χ2n) is 0.963. The Morgan fingerprint density at radius 2 is 2.38 bits per heavy atom. The first-order valence-corrected chi connectivity index (χ1v) is 2.07. The van der Waals surface area contributed by atoms with E-state index in [4.69, 9.17) is 5.11 Å². The van der Waals surface area contributed by atoms with Gasteiger partial charge in [0.25, 0.3) is 0 Å². The number of carbonyl (C=O) groups excluding carboxylic acids is 1. The average molecular weight is 243 g/mol. The number of ether oxygens (including phenoxy) is 1. The molecule has 0 rings (SSSR count). The van der Waals surface area contributed by atoms with Gasteiger partial charge < -0.3 is 12.7 Å². The van der Waals surface area contributed by atoms with E-state index in [1.54, 1.807) is 6.92 Å². The molecule has 0 aliphatic carbocycles. The Labute approximate surface area is 91.4 Å². The van der Waals surface area contributed by atoms with E-state index >= 15 is 0 Å². The topological polar surface area (TPSA) is 46.5 Å². The van der Waals surface area contributed by atoms with Crippen LogP contribution in [0.15, 0.2) is 0 Å². The molecule has 0 saturated carbocycles. The molecule has 0 radical (unpaired) electrons. The zero-order chi connectivity index (χ0) is 5.70. The molecular weight excluding hydrogens is 233 g/mol. The van der Waals surface area contributed by atoms with Gasteiger partial charge in [-0.2, -0.15) is 0 Å². The summed E-state index contributed by atoms with van der Waals surface area (Å²) in [5.41, 5.74) is 0. The minimum Gasteiger partial charge on any atom is -1.00 e. The van der Waals surface area contributed by atoms with Gasteiger partial charge in [-0.25, -0.2) is 4.79 Å². The van der Waals surface area contributed by atoms with Gasteiger partial charge in [0.05, 0.1) is 6.61 Å². The number of esters is 1. The van der Waals surface area contributed by atoms with Crippen molar-refractivity contribution in [2.75, 3.05) is 13.2 Å². The normalized spacial score (nSPS) is 7.25. The first-order valence-electron chi connectivity index (χ1n) is 2.07. The van der Waals surface area contributed by atoms with E-state index in [0.717, 1.165) is 0 Å². The van der Waals surface area contributed by atoms with Crippen molar-refractivity contribution in [3.8, 4) is 0 Å². The summed E-state index contributed by atoms with van der Waals surface area (Å²) in [4.78, 5) is 9.94. The smallest absolute Gasteiger partial charge is 1.00 e. The summed E-state index contributed by atoms with van der Waals surface area (Å²) in [7, 11) is 0. The molecule has 3 nitrogen and oxygen atoms in total. The van der Waals surface area contributed by atoms with E-state index in [9.17, 15) is 4.79 Å². The second-order valence-corrected chi connectivity index (χ2v) is 0.963. The van der Waals surface area contributed by atoms with Crippen molar-refractivity contribution >= 4 is 54.9 Å². The number of rotatable bonds is 2. The molecular formula is C4H10BaO3. The molecule has 0 amide bonds. The molecule has 0 aliphatic heterocycles. The average Bonchev–Trinajstić information content (AvgIpc) is 1.68. The number of aliphatic hydroxyl groups is 1. The first kappa shape index (κ1) is 11.8. The molecule has 0 aromatic carbocycles. The van der Waals surface area contributed by atoms with Crippen molar-refractivity contribution in [2.45, 2.75) is 6.92 Å². The van der Waals surface area contributed by atoms with Gasteiger partial charge in [0.15, 0.2) is 0 Å². The number of hydrogen-bond acceptors (Lipinski definition) is 3. The van der Waals surface area contributed by atoms with Gasteiger partial charge in [-0.1, -0.05) is 0 Å². The van der Waals surface area contributed by atoms with Gasteiger partial charge >= 0.3 is 54.9 Å². The van der Waals surface area contributed by atoms with Crippen molar-refractivity contribution < 1.29 is 17.5 Å². The van der Waals surface area contributed by atoms with Gasteiger partial charge in [-0.15, -0.1) is 0 Å². The Morgan fingerprint density at radius 3 is 2.50 bits per heavy atom. The van der Waals surface area contributed by atoms with Crippen LogP contribution >= 0.6 is 0 Å². The zero-order valence-electron chi connectivity index (χ0n) is 6.89. The largest absolute Gasteiger partial charge is 2.00 e. The Morgan fingerprint density at radius 1 is 1.88 bits per heavy atom. The van der Waals surface area contributed by atoms with Crippen LogP contribution in [0.1, 0.15) is 9.78 Å². The summed E-state index contributed by atoms with van der Waals surface area (Å²) in [6.45, 7) is 1.50. The Bertz CT molecular complexity index is 71.5. The Hall–Kier alpha value is 1.00. The van der Waals surface area contributed by atoms with Crippen LogP contribution in [0.2, 0.25) is 0 Å². The van der Waals surface area contributed by atoms with Gasteiger partial charge in [0.2, 0.25) is 0 Å². The van der Waals surface area contributed by atoms with E-state index in [0.29, 0.717) is 6.61 Å². The predicted molar refractivity (Wildman–Crippen MR) is 31.7 cm³/mol. The molecule has 0 aromatic rings. The third kappa shape index (κ3) is 7.00. The monoisotopic (exact) mass is 244 g/mol. The van der Waals surface area contributed by atoms with Crippen LogP contribution in [0, 0.1) is 0 Å². The molecule has 0 unspecified atom stereocenters. The fourth-order valence-corrected chi connectivity index (χ4v) is 0.207. The SMILES string of the molecule is CCOC(=O)CO.[Ba+2].[H-].[H-]. The summed E-state index contributed by atoms with van der Waals surface area (Å²) in [5, 5.41) is 7.99. The van der Waals surface area contributed by atoms with E-state index in [-0.39, 0.29) is 51.7 Å². The Kier molecular flexibility index (Phi) is 11.8. The van der Waals surface area contributed by atoms with E-state index in [1.165, 1.54) is 0 Å². The van der Waals surface area contributed by atoms with Crippen LogP contribution in [0.4, 0.5) is 0 Å². The van der Waals surface area contributed by atoms with Crippen molar-refractivity contribution in [3.05, 3.63) is 0 Å². The summed E-state index contributed by atoms with van der Waals surface area (Å²) < 4.78 is 4.30. The van der Waals surface area contributed by atoms with Crippen molar-refractivity contribution in [2.24, 2.45) is 0 Å². The van der Waals surface area contributed by atoms with E-state index in [2.05, 4.69) is 4.74 Å². The molecule has 0 aromatic heterocycles. The maximum atomic E-state index is 9.94. The molecule has 0 spiro atoms. The van der Waals surface area contributed by atoms with Gasteiger partial charge in [0.1, 0.15) is 6.61 Å². The van der Waals surface area contributed by atoms with E-state index in [1.807, 2.05) is 0 Å². The molecule has 0 aliphatic rings. The minimum atomic E-state index is -0.567. The van der Waals surface area contributed by atoms with Crippen LogP contribution in [-0.2, 0) is 9.53 Å². The van der Waals surface area contributed by atoms with Crippen molar-refractivity contribution in [1.29, 1.82) is 0 Å². The van der Waals surface area contributed by atoms with Crippen LogP contribution in [0.25, 0.3) is 0 Å². The number of hydrogen-bond donors (Lipinski definition) is 1. The zero-order valence-corrected chi connectivity index (χ0v) is 9.33. The summed E-state index contributed by atoms with van der Waals surface area (Å²) in [5.74, 6) is -0.567. The van der Waals surface area contributed by atoms with Gasteiger partial charge in [-0.05, 0) is 6.92 Å². The molecule has 4 heteroatoms. The molecule has 0 fully saturated rings. The fraction of sp³-hybridized carbons (Fsp3) is 0.750. The summed E-state index contributed by atoms with van der Waals surface area (Å²) >= 11 is 0. The molecule has 0 saturated heterocycles. The minimum absolute atomic E-state index is 0. The second kappa shape index (κ2) is 8.00. The van der Waals surface area contributed by atoms with E-state index < -0.39 is 12.6 Å². The van der Waals surface area contributed by atoms with Crippen LogP contribution in [0.5, 0.6) is 0 Å². The van der Waals surface area contributed by atoms with Gasteiger partial charge in [-0.3, -0.25) is 0 Å². The van der Waals surface area contributed by atoms with Gasteiger partial charge in [0, 0.05) is 0 Å². The summed E-state index contributed by atoms with van der Waals surface area (Å²) in [6.07, 6.45) is 0. The molecule has 0 bridgehead atoms. The maximum absolute atomic E-state index is 9.94. The standard InChI is InChI=1S/C4H8O3.Ba.2H/c1-2-7-4(6)3-5;;;/h5H,2-3H2,1H3;;;/q;+2;2*-1. The third-order valence-corrected chi connectivity index (χ3v) is 0.434. The first-order chi connectivity index (χ1) is 3.31. The predicted octanol–water partition coefficient (Wildman–Crippen LogP) is -0.614. The fourth-order valence-electron chi connectivity index (χ4n) is 0.207. The summed E-state index contributed by atoms with van der Waals surface area (Å²) in [6, 6.07) is 0. The molecule has 8 heavy (non-hydrogen) atoms. The quantitative estimate of drug-likeness (QED) is 0.520. The maximum Gasteiger partial charge on any atom is 2.00 e. The molecule has 0 atom stereocenters. The van der Waals surface area contributed by atoms with Crippen LogP contribution in [0.3, 0.4) is 0 Å². The number of carbonyl (C=O) groups is 1. The molecule has 0 heterocycles. The van der Waals surface area contributed by atoms with Crippen molar-refractivity contribution in [1.82, 2.24) is 0 Å². The van der Waals surface area contributed by atoms with Crippen LogP contribution < -0.4 is 0 Å². The molecule has 46 valence electrons. The molecule has 1 N–H and O–H groups in total. The number of aliphatic hydroxyl groups excluding tert-OH is 1. The van der Waals surface area contributed by atoms with Crippen LogP contribution in [-0.4, -0.2) is 73.2 Å².